The summed E-state index contributed by atoms with van der Waals surface area (Å²) in [5.41, 5.74) is 4.99. The Morgan fingerprint density at radius 1 is 0.867 bits per heavy atom. The maximum Gasteiger partial charge on any atom is -0.00258 e. The van der Waals surface area contributed by atoms with Crippen LogP contribution < -0.4 is 0 Å². The molecule has 0 unspecified atom stereocenters. The van der Waals surface area contributed by atoms with E-state index in [1.165, 1.54) is 22.3 Å². The number of allylic oxidation sites excluding steroid dienone is 4. The molecule has 15 heavy (non-hydrogen) atoms. The van der Waals surface area contributed by atoms with Gasteiger partial charge in [0.1, 0.15) is 0 Å². The molecule has 0 bridgehead atoms. The van der Waals surface area contributed by atoms with Gasteiger partial charge in [0, 0.05) is 0 Å². The van der Waals surface area contributed by atoms with Crippen LogP contribution in [0, 0.1) is 0 Å². The highest BCUT2D eigenvalue weighted by Crippen LogP contribution is 2.26. The van der Waals surface area contributed by atoms with Crippen LogP contribution in [0.1, 0.15) is 17.5 Å². The van der Waals surface area contributed by atoms with Gasteiger partial charge >= 0.3 is 0 Å². The molecule has 0 saturated heterocycles. The molecule has 0 saturated carbocycles. The van der Waals surface area contributed by atoms with Gasteiger partial charge in [-0.05, 0) is 28.7 Å². The third-order valence-corrected chi connectivity index (χ3v) is 2.61. The highest BCUT2D eigenvalue weighted by atomic mass is 14.1. The lowest BCUT2D eigenvalue weighted by Gasteiger charge is -1.98. The van der Waals surface area contributed by atoms with Crippen LogP contribution in [0.3, 0.4) is 0 Å². The summed E-state index contributed by atoms with van der Waals surface area (Å²) in [5, 5.41) is 0. The van der Waals surface area contributed by atoms with Crippen LogP contribution >= 0.6 is 0 Å². The maximum atomic E-state index is 3.84. The SMILES string of the molecule is C=CC1=Cc2ccccc2C=C(C=C)C1. The summed E-state index contributed by atoms with van der Waals surface area (Å²) in [5.74, 6) is 0. The molecule has 0 heteroatoms. The van der Waals surface area contributed by atoms with Crippen LogP contribution in [0.15, 0.2) is 60.7 Å². The number of fused-ring (bicyclic) bond motifs is 1. The molecule has 0 fully saturated rings. The summed E-state index contributed by atoms with van der Waals surface area (Å²) in [4.78, 5) is 0. The van der Waals surface area contributed by atoms with Crippen molar-refractivity contribution in [2.75, 3.05) is 0 Å². The Labute approximate surface area is 91.0 Å². The minimum atomic E-state index is 0.918. The maximum absolute atomic E-state index is 3.84. The molecular formula is C15H14. The molecule has 1 aromatic carbocycles. The number of hydrogen-bond acceptors (Lipinski definition) is 0. The van der Waals surface area contributed by atoms with Gasteiger partial charge in [-0.15, -0.1) is 0 Å². The topological polar surface area (TPSA) is 0 Å². The van der Waals surface area contributed by atoms with E-state index in [2.05, 4.69) is 49.6 Å². The molecular weight excluding hydrogens is 180 g/mol. The first-order chi connectivity index (χ1) is 7.33. The van der Waals surface area contributed by atoms with Crippen LogP contribution in [-0.4, -0.2) is 0 Å². The quantitative estimate of drug-likeness (QED) is 0.661. The Hall–Kier alpha value is -1.82. The molecule has 0 aromatic heterocycles. The minimum absolute atomic E-state index is 0.918. The minimum Gasteiger partial charge on any atom is -0.0988 e. The van der Waals surface area contributed by atoms with E-state index < -0.39 is 0 Å². The average molecular weight is 194 g/mol. The molecule has 0 aliphatic heterocycles. The van der Waals surface area contributed by atoms with Crippen molar-refractivity contribution in [1.82, 2.24) is 0 Å². The average Bonchev–Trinajstić information content (AvgIpc) is 2.47. The van der Waals surface area contributed by atoms with Crippen LogP contribution in [0.5, 0.6) is 0 Å². The highest BCUT2D eigenvalue weighted by molar-refractivity contribution is 5.73. The molecule has 0 amide bonds. The van der Waals surface area contributed by atoms with Crippen molar-refractivity contribution in [3.8, 4) is 0 Å². The summed E-state index contributed by atoms with van der Waals surface area (Å²) in [6.07, 6.45) is 9.13. The number of rotatable bonds is 2. The Morgan fingerprint density at radius 2 is 1.33 bits per heavy atom. The molecule has 1 aromatic rings. The van der Waals surface area contributed by atoms with E-state index in [1.807, 2.05) is 12.2 Å². The Balaban J connectivity index is 2.60. The second-order valence-electron chi connectivity index (χ2n) is 3.65. The molecule has 0 N–H and O–H groups in total. The summed E-state index contributed by atoms with van der Waals surface area (Å²) in [7, 11) is 0. The van der Waals surface area contributed by atoms with Gasteiger partial charge in [0.05, 0.1) is 0 Å². The van der Waals surface area contributed by atoms with Crippen molar-refractivity contribution < 1.29 is 0 Å². The molecule has 1 aliphatic rings. The summed E-state index contributed by atoms with van der Waals surface area (Å²) >= 11 is 0. The van der Waals surface area contributed by atoms with E-state index in [0.29, 0.717) is 0 Å². The Bertz CT molecular complexity index is 416. The standard InChI is InChI=1S/C15H14/c1-3-12-9-13(4-2)11-15-8-6-5-7-14(15)10-12/h3-8,10-11H,1-2,9H2. The lowest BCUT2D eigenvalue weighted by atomic mass is 10.1. The van der Waals surface area contributed by atoms with Crippen LogP contribution in [-0.2, 0) is 0 Å². The van der Waals surface area contributed by atoms with Gasteiger partial charge in [0.2, 0.25) is 0 Å². The lowest BCUT2D eigenvalue weighted by molar-refractivity contribution is 1.25. The van der Waals surface area contributed by atoms with Crippen molar-refractivity contribution in [2.45, 2.75) is 6.42 Å². The summed E-state index contributed by atoms with van der Waals surface area (Å²) < 4.78 is 0. The zero-order valence-corrected chi connectivity index (χ0v) is 8.74. The highest BCUT2D eigenvalue weighted by Gasteiger charge is 2.05. The van der Waals surface area contributed by atoms with E-state index in [4.69, 9.17) is 0 Å². The second kappa shape index (κ2) is 4.14. The van der Waals surface area contributed by atoms with Crippen molar-refractivity contribution in [1.29, 1.82) is 0 Å². The Morgan fingerprint density at radius 3 is 1.73 bits per heavy atom. The zero-order chi connectivity index (χ0) is 10.7. The van der Waals surface area contributed by atoms with Crippen molar-refractivity contribution in [3.05, 3.63) is 71.8 Å². The lowest BCUT2D eigenvalue weighted by Crippen LogP contribution is -1.78. The predicted octanol–water partition coefficient (Wildman–Crippen LogP) is 4.23. The second-order valence-corrected chi connectivity index (χ2v) is 3.65. The zero-order valence-electron chi connectivity index (χ0n) is 8.74. The van der Waals surface area contributed by atoms with Crippen LogP contribution in [0.2, 0.25) is 0 Å². The van der Waals surface area contributed by atoms with Gasteiger partial charge in [-0.25, -0.2) is 0 Å². The van der Waals surface area contributed by atoms with Gasteiger partial charge in [0.25, 0.3) is 0 Å². The monoisotopic (exact) mass is 194 g/mol. The fourth-order valence-corrected chi connectivity index (χ4v) is 1.77. The third kappa shape index (κ3) is 1.99. The number of hydrogen-bond donors (Lipinski definition) is 0. The first-order valence-electron chi connectivity index (χ1n) is 5.08. The van der Waals surface area contributed by atoms with Crippen molar-refractivity contribution in [2.24, 2.45) is 0 Å². The molecule has 0 spiro atoms. The molecule has 0 radical (unpaired) electrons. The van der Waals surface area contributed by atoms with Crippen LogP contribution in [0.25, 0.3) is 12.2 Å². The van der Waals surface area contributed by atoms with Gasteiger partial charge in [-0.1, -0.05) is 61.7 Å². The van der Waals surface area contributed by atoms with E-state index in [-0.39, 0.29) is 0 Å². The van der Waals surface area contributed by atoms with Gasteiger partial charge in [-0.3, -0.25) is 0 Å². The third-order valence-electron chi connectivity index (χ3n) is 2.61. The van der Waals surface area contributed by atoms with Crippen LogP contribution in [0.4, 0.5) is 0 Å². The Kier molecular flexibility index (Phi) is 2.68. The summed E-state index contributed by atoms with van der Waals surface area (Å²) in [6, 6.07) is 8.37. The van der Waals surface area contributed by atoms with Crippen molar-refractivity contribution in [3.63, 3.8) is 0 Å². The molecule has 0 heterocycles. The van der Waals surface area contributed by atoms with Gasteiger partial charge < -0.3 is 0 Å². The van der Waals surface area contributed by atoms with Gasteiger partial charge in [-0.2, -0.15) is 0 Å². The largest absolute Gasteiger partial charge is 0.0988 e. The fraction of sp³-hybridized carbons (Fsp3) is 0.0667. The smallest absolute Gasteiger partial charge is 0.00258 e. The predicted molar refractivity (Wildman–Crippen MR) is 67.4 cm³/mol. The van der Waals surface area contributed by atoms with E-state index in [0.717, 1.165) is 6.42 Å². The molecule has 2 rings (SSSR count). The number of benzene rings is 1. The first kappa shape index (κ1) is 9.72. The first-order valence-corrected chi connectivity index (χ1v) is 5.08. The van der Waals surface area contributed by atoms with E-state index in [9.17, 15) is 0 Å². The fourth-order valence-electron chi connectivity index (χ4n) is 1.77. The molecule has 0 nitrogen and oxygen atoms in total. The van der Waals surface area contributed by atoms with E-state index >= 15 is 0 Å². The molecule has 1 aliphatic carbocycles. The van der Waals surface area contributed by atoms with Gasteiger partial charge in [0.15, 0.2) is 0 Å². The summed E-state index contributed by atoms with van der Waals surface area (Å²) in [6.45, 7) is 7.68. The molecule has 0 atom stereocenters. The van der Waals surface area contributed by atoms with Crippen molar-refractivity contribution >= 4 is 12.2 Å². The normalized spacial score (nSPS) is 14.4. The van der Waals surface area contributed by atoms with E-state index in [1.54, 1.807) is 0 Å². The molecule has 74 valence electrons.